The summed E-state index contributed by atoms with van der Waals surface area (Å²) in [4.78, 5) is 2.29. The summed E-state index contributed by atoms with van der Waals surface area (Å²) >= 11 is 1.51. The zero-order chi connectivity index (χ0) is 10.3. The van der Waals surface area contributed by atoms with Gasteiger partial charge in [0.2, 0.25) is 0 Å². The lowest BCUT2D eigenvalue weighted by atomic mass is 10.3. The fraction of sp³-hybridized carbons (Fsp3) is 0.700. The van der Waals surface area contributed by atoms with E-state index in [1.165, 1.54) is 23.0 Å². The van der Waals surface area contributed by atoms with Crippen LogP contribution in [0.15, 0.2) is 0 Å². The van der Waals surface area contributed by atoms with Gasteiger partial charge in [-0.15, -0.1) is 0 Å². The Bertz CT molecular complexity index is 334. The molecule has 0 aromatic carbocycles. The Hall–Kier alpha value is -0.770. The topological polar surface area (TPSA) is 42.1 Å². The molecule has 1 saturated carbocycles. The second-order valence-electron chi connectivity index (χ2n) is 4.35. The number of rotatable bonds is 3. The molecule has 78 valence electrons. The molecule has 3 nitrogen and oxygen atoms in total. The first-order valence-electron chi connectivity index (χ1n) is 5.02. The van der Waals surface area contributed by atoms with E-state index in [9.17, 15) is 0 Å². The highest BCUT2D eigenvalue weighted by atomic mass is 32.1. The van der Waals surface area contributed by atoms with Crippen molar-refractivity contribution in [1.29, 1.82) is 0 Å². The molecular formula is C10H17N3S. The molecule has 0 saturated heterocycles. The van der Waals surface area contributed by atoms with Gasteiger partial charge >= 0.3 is 0 Å². The molecule has 2 atom stereocenters. The molecule has 4 heteroatoms. The maximum atomic E-state index is 5.72. The average Bonchev–Trinajstić information content (AvgIpc) is 2.70. The molecule has 0 aliphatic heterocycles. The number of hydrogen-bond acceptors (Lipinski definition) is 4. The van der Waals surface area contributed by atoms with Crippen LogP contribution in [0, 0.1) is 18.8 Å². The molecule has 14 heavy (non-hydrogen) atoms. The number of aromatic nitrogens is 1. The smallest absolute Gasteiger partial charge is 0.142 e. The number of hydrogen-bond donors (Lipinski definition) is 1. The van der Waals surface area contributed by atoms with E-state index < -0.39 is 0 Å². The highest BCUT2D eigenvalue weighted by Gasteiger charge is 2.33. The summed E-state index contributed by atoms with van der Waals surface area (Å²) in [6.07, 6.45) is 1.37. The quantitative estimate of drug-likeness (QED) is 0.832. The molecule has 2 N–H and O–H groups in total. The van der Waals surface area contributed by atoms with Gasteiger partial charge in [0.1, 0.15) is 10.8 Å². The zero-order valence-electron chi connectivity index (χ0n) is 8.95. The van der Waals surface area contributed by atoms with Crippen molar-refractivity contribution in [3.05, 3.63) is 5.56 Å². The molecule has 1 aromatic rings. The van der Waals surface area contributed by atoms with E-state index in [-0.39, 0.29) is 0 Å². The van der Waals surface area contributed by atoms with Crippen molar-refractivity contribution in [3.63, 3.8) is 0 Å². The molecule has 1 aromatic heterocycles. The van der Waals surface area contributed by atoms with E-state index in [0.29, 0.717) is 5.82 Å². The minimum absolute atomic E-state index is 0.681. The van der Waals surface area contributed by atoms with E-state index in [1.807, 2.05) is 6.92 Å². The third-order valence-electron chi connectivity index (χ3n) is 3.07. The predicted molar refractivity (Wildman–Crippen MR) is 61.8 cm³/mol. The molecule has 2 unspecified atom stereocenters. The standard InChI is InChI=1S/C10H17N3S/c1-6-4-8(6)5-13(3)10-7(2)9(11)12-14-10/h6,8H,4-5H2,1-3H3,(H2,11,12). The minimum Gasteiger partial charge on any atom is -0.383 e. The first kappa shape index (κ1) is 9.77. The monoisotopic (exact) mass is 211 g/mol. The fourth-order valence-electron chi connectivity index (χ4n) is 1.78. The fourth-order valence-corrected chi connectivity index (χ4v) is 2.56. The summed E-state index contributed by atoms with van der Waals surface area (Å²) in [7, 11) is 2.13. The summed E-state index contributed by atoms with van der Waals surface area (Å²) in [5.74, 6) is 2.46. The van der Waals surface area contributed by atoms with Gasteiger partial charge in [-0.3, -0.25) is 0 Å². The maximum Gasteiger partial charge on any atom is 0.142 e. The Balaban J connectivity index is 2.03. The Morgan fingerprint density at radius 1 is 1.64 bits per heavy atom. The van der Waals surface area contributed by atoms with Crippen LogP contribution in [-0.2, 0) is 0 Å². The van der Waals surface area contributed by atoms with Gasteiger partial charge in [0.05, 0.1) is 0 Å². The van der Waals surface area contributed by atoms with Gasteiger partial charge in [0.15, 0.2) is 0 Å². The summed E-state index contributed by atoms with van der Waals surface area (Å²) in [6.45, 7) is 5.50. The first-order valence-corrected chi connectivity index (χ1v) is 5.79. The second-order valence-corrected chi connectivity index (χ2v) is 5.10. The summed E-state index contributed by atoms with van der Waals surface area (Å²) in [5, 5.41) is 1.22. The molecule has 0 radical (unpaired) electrons. The molecule has 2 rings (SSSR count). The molecule has 1 aliphatic rings. The largest absolute Gasteiger partial charge is 0.383 e. The van der Waals surface area contributed by atoms with Gasteiger partial charge in [0, 0.05) is 19.2 Å². The predicted octanol–water partition coefficient (Wildman–Crippen LogP) is 2.13. The van der Waals surface area contributed by atoms with Crippen LogP contribution in [0.1, 0.15) is 18.9 Å². The van der Waals surface area contributed by atoms with E-state index in [4.69, 9.17) is 5.73 Å². The molecule has 0 bridgehead atoms. The molecule has 0 amide bonds. The van der Waals surface area contributed by atoms with E-state index >= 15 is 0 Å². The van der Waals surface area contributed by atoms with E-state index in [0.717, 1.165) is 23.9 Å². The van der Waals surface area contributed by atoms with Crippen molar-refractivity contribution >= 4 is 22.4 Å². The molecule has 1 fully saturated rings. The second kappa shape index (κ2) is 3.42. The zero-order valence-corrected chi connectivity index (χ0v) is 9.77. The van der Waals surface area contributed by atoms with Crippen molar-refractivity contribution in [2.24, 2.45) is 11.8 Å². The van der Waals surface area contributed by atoms with Crippen LogP contribution in [0.4, 0.5) is 10.8 Å². The van der Waals surface area contributed by atoms with Gasteiger partial charge in [-0.25, -0.2) is 0 Å². The number of nitrogen functional groups attached to an aromatic ring is 1. The van der Waals surface area contributed by atoms with Crippen LogP contribution in [-0.4, -0.2) is 18.0 Å². The highest BCUT2D eigenvalue weighted by Crippen LogP contribution is 2.40. The summed E-state index contributed by atoms with van der Waals surface area (Å²) in [6, 6.07) is 0. The molecule has 0 spiro atoms. The Morgan fingerprint density at radius 3 is 2.71 bits per heavy atom. The molecular weight excluding hydrogens is 194 g/mol. The summed E-state index contributed by atoms with van der Waals surface area (Å²) < 4.78 is 4.16. The van der Waals surface area contributed by atoms with Crippen molar-refractivity contribution in [3.8, 4) is 0 Å². The Morgan fingerprint density at radius 2 is 2.29 bits per heavy atom. The maximum absolute atomic E-state index is 5.72. The average molecular weight is 211 g/mol. The summed E-state index contributed by atoms with van der Waals surface area (Å²) in [5.41, 5.74) is 6.86. The lowest BCUT2D eigenvalue weighted by Crippen LogP contribution is -2.20. The van der Waals surface area contributed by atoms with Gasteiger partial charge in [-0.1, -0.05) is 6.92 Å². The van der Waals surface area contributed by atoms with Crippen LogP contribution in [0.5, 0.6) is 0 Å². The van der Waals surface area contributed by atoms with Crippen LogP contribution < -0.4 is 10.6 Å². The van der Waals surface area contributed by atoms with Gasteiger partial charge < -0.3 is 10.6 Å². The first-order chi connectivity index (χ1) is 6.59. The molecule has 1 heterocycles. The van der Waals surface area contributed by atoms with Gasteiger partial charge in [-0.05, 0) is 36.7 Å². The lowest BCUT2D eigenvalue weighted by molar-refractivity contribution is 0.728. The minimum atomic E-state index is 0.681. The van der Waals surface area contributed by atoms with Crippen molar-refractivity contribution in [2.45, 2.75) is 20.3 Å². The van der Waals surface area contributed by atoms with Crippen LogP contribution in [0.3, 0.4) is 0 Å². The Kier molecular flexibility index (Phi) is 2.39. The SMILES string of the molecule is Cc1c(N)nsc1N(C)CC1CC1C. The number of nitrogens with zero attached hydrogens (tertiary/aromatic N) is 2. The van der Waals surface area contributed by atoms with Crippen LogP contribution in [0.2, 0.25) is 0 Å². The van der Waals surface area contributed by atoms with Crippen LogP contribution in [0.25, 0.3) is 0 Å². The Labute approximate surface area is 89.1 Å². The van der Waals surface area contributed by atoms with Gasteiger partial charge in [0.25, 0.3) is 0 Å². The molecule has 1 aliphatic carbocycles. The van der Waals surface area contributed by atoms with Crippen molar-refractivity contribution < 1.29 is 0 Å². The number of nitrogens with two attached hydrogens (primary N) is 1. The highest BCUT2D eigenvalue weighted by molar-refractivity contribution is 7.10. The van der Waals surface area contributed by atoms with E-state index in [1.54, 1.807) is 0 Å². The van der Waals surface area contributed by atoms with Crippen molar-refractivity contribution in [2.75, 3.05) is 24.2 Å². The third-order valence-corrected chi connectivity index (χ3v) is 4.15. The van der Waals surface area contributed by atoms with Gasteiger partial charge in [-0.2, -0.15) is 4.37 Å². The third kappa shape index (κ3) is 1.71. The lowest BCUT2D eigenvalue weighted by Gasteiger charge is -2.17. The van der Waals surface area contributed by atoms with Crippen LogP contribution >= 0.6 is 11.5 Å². The van der Waals surface area contributed by atoms with Crippen molar-refractivity contribution in [1.82, 2.24) is 4.37 Å². The number of anilines is 2. The normalized spacial score (nSPS) is 25.1. The van der Waals surface area contributed by atoms with E-state index in [2.05, 4.69) is 23.2 Å².